The minimum absolute atomic E-state index is 0.00447. The number of nitrogens with one attached hydrogen (secondary N) is 1. The zero-order valence-corrected chi connectivity index (χ0v) is 18.5. The molecule has 9 nitrogen and oxygen atoms in total. The van der Waals surface area contributed by atoms with Crippen molar-refractivity contribution in [3.63, 3.8) is 0 Å². The highest BCUT2D eigenvalue weighted by Gasteiger charge is 2.33. The van der Waals surface area contributed by atoms with Crippen LogP contribution in [0.1, 0.15) is 40.4 Å². The number of pyridine rings is 1. The van der Waals surface area contributed by atoms with E-state index in [1.54, 1.807) is 53.7 Å². The van der Waals surface area contributed by atoms with Crippen LogP contribution < -0.4 is 11.1 Å². The van der Waals surface area contributed by atoms with Crippen molar-refractivity contribution < 1.29 is 14.5 Å². The number of anilines is 1. The fraction of sp³-hybridized carbons (Fsp3) is 0.240. The Labute approximate surface area is 196 Å². The number of rotatable bonds is 7. The molecule has 1 aromatic heterocycles. The van der Waals surface area contributed by atoms with Gasteiger partial charge in [0.1, 0.15) is 0 Å². The van der Waals surface area contributed by atoms with E-state index in [-0.39, 0.29) is 36.0 Å². The standard InChI is InChI=1S/C25H25N5O4/c26-24(18-5-7-19(8-6-18)25(32)28-20-11-13-27-14-12-20)22-2-1-15-29(22)23(31)16-17-3-9-21(10-4-17)30(33)34/h3-14,22,24H,1-2,15-16,26H2,(H,27,28,32). The normalized spacial score (nSPS) is 16.1. The number of hydrogen-bond donors (Lipinski definition) is 2. The highest BCUT2D eigenvalue weighted by atomic mass is 16.6. The number of nitrogens with zero attached hydrogens (tertiary/aromatic N) is 3. The molecule has 1 aliphatic heterocycles. The molecule has 1 saturated heterocycles. The summed E-state index contributed by atoms with van der Waals surface area (Å²) in [6.45, 7) is 0.622. The van der Waals surface area contributed by atoms with E-state index in [9.17, 15) is 19.7 Å². The lowest BCUT2D eigenvalue weighted by molar-refractivity contribution is -0.384. The molecule has 9 heteroatoms. The fourth-order valence-electron chi connectivity index (χ4n) is 4.20. The minimum Gasteiger partial charge on any atom is -0.338 e. The lowest BCUT2D eigenvalue weighted by Gasteiger charge is -2.30. The molecule has 2 amide bonds. The first-order chi connectivity index (χ1) is 16.4. The number of likely N-dealkylation sites (tertiary alicyclic amines) is 1. The number of non-ortho nitro benzene ring substituents is 1. The highest BCUT2D eigenvalue weighted by molar-refractivity contribution is 6.04. The lowest BCUT2D eigenvalue weighted by Crippen LogP contribution is -2.42. The number of amides is 2. The maximum atomic E-state index is 13.0. The summed E-state index contributed by atoms with van der Waals surface area (Å²) in [5.41, 5.74) is 9.28. The van der Waals surface area contributed by atoms with Gasteiger partial charge in [-0.1, -0.05) is 24.3 Å². The fourth-order valence-corrected chi connectivity index (χ4v) is 4.20. The van der Waals surface area contributed by atoms with Crippen molar-refractivity contribution >= 4 is 23.2 Å². The van der Waals surface area contributed by atoms with E-state index < -0.39 is 4.92 Å². The van der Waals surface area contributed by atoms with Gasteiger partial charge >= 0.3 is 0 Å². The quantitative estimate of drug-likeness (QED) is 0.411. The van der Waals surface area contributed by atoms with Crippen LogP contribution in [0.2, 0.25) is 0 Å². The Kier molecular flexibility index (Phi) is 6.93. The molecular formula is C25H25N5O4. The Morgan fingerprint density at radius 1 is 1.09 bits per heavy atom. The van der Waals surface area contributed by atoms with Crippen LogP contribution in [0.15, 0.2) is 73.1 Å². The third-order valence-electron chi connectivity index (χ3n) is 6.03. The molecule has 0 aliphatic carbocycles. The summed E-state index contributed by atoms with van der Waals surface area (Å²) in [7, 11) is 0. The summed E-state index contributed by atoms with van der Waals surface area (Å²) in [6.07, 6.45) is 5.02. The van der Waals surface area contributed by atoms with Gasteiger partial charge in [-0.05, 0) is 48.2 Å². The van der Waals surface area contributed by atoms with Crippen molar-refractivity contribution in [2.24, 2.45) is 5.73 Å². The molecule has 1 aliphatic rings. The summed E-state index contributed by atoms with van der Waals surface area (Å²) in [5, 5.41) is 13.6. The molecule has 4 rings (SSSR count). The number of carbonyl (C=O) groups is 2. The second-order valence-electron chi connectivity index (χ2n) is 8.23. The molecular weight excluding hydrogens is 434 g/mol. The van der Waals surface area contributed by atoms with Crippen LogP contribution in [-0.2, 0) is 11.2 Å². The van der Waals surface area contributed by atoms with Crippen LogP contribution in [0.5, 0.6) is 0 Å². The maximum absolute atomic E-state index is 13.0. The Morgan fingerprint density at radius 3 is 2.41 bits per heavy atom. The third kappa shape index (κ3) is 5.26. The van der Waals surface area contributed by atoms with Gasteiger partial charge in [0.2, 0.25) is 5.91 Å². The molecule has 2 unspecified atom stereocenters. The second-order valence-corrected chi connectivity index (χ2v) is 8.23. The van der Waals surface area contributed by atoms with E-state index >= 15 is 0 Å². The highest BCUT2D eigenvalue weighted by Crippen LogP contribution is 2.29. The van der Waals surface area contributed by atoms with Gasteiger partial charge in [0.05, 0.1) is 23.4 Å². The summed E-state index contributed by atoms with van der Waals surface area (Å²) >= 11 is 0. The van der Waals surface area contributed by atoms with Gasteiger partial charge in [-0.2, -0.15) is 0 Å². The molecule has 1 fully saturated rings. The molecule has 2 atom stereocenters. The minimum atomic E-state index is -0.463. The van der Waals surface area contributed by atoms with E-state index in [0.717, 1.165) is 24.0 Å². The van der Waals surface area contributed by atoms with Crippen LogP contribution in [-0.4, -0.2) is 39.2 Å². The van der Waals surface area contributed by atoms with E-state index in [1.165, 1.54) is 12.1 Å². The van der Waals surface area contributed by atoms with Crippen molar-refractivity contribution in [1.82, 2.24) is 9.88 Å². The average molecular weight is 460 g/mol. The maximum Gasteiger partial charge on any atom is 0.269 e. The molecule has 3 aromatic rings. The number of nitro groups is 1. The van der Waals surface area contributed by atoms with Gasteiger partial charge in [-0.3, -0.25) is 24.7 Å². The molecule has 0 spiro atoms. The van der Waals surface area contributed by atoms with Gasteiger partial charge in [-0.25, -0.2) is 0 Å². The predicted octanol–water partition coefficient (Wildman–Crippen LogP) is 3.48. The number of nitrogens with two attached hydrogens (primary N) is 1. The third-order valence-corrected chi connectivity index (χ3v) is 6.03. The molecule has 174 valence electrons. The number of carbonyl (C=O) groups excluding carboxylic acids is 2. The first kappa shape index (κ1) is 23.1. The monoisotopic (exact) mass is 459 g/mol. The van der Waals surface area contributed by atoms with Gasteiger partial charge in [0.25, 0.3) is 11.6 Å². The van der Waals surface area contributed by atoms with Gasteiger partial charge < -0.3 is 16.0 Å². The molecule has 2 heterocycles. The number of benzene rings is 2. The number of hydrogen-bond acceptors (Lipinski definition) is 6. The Balaban J connectivity index is 1.40. The van der Waals surface area contributed by atoms with Crippen LogP contribution in [0.25, 0.3) is 0 Å². The van der Waals surface area contributed by atoms with Crippen molar-refractivity contribution in [1.29, 1.82) is 0 Å². The topological polar surface area (TPSA) is 131 Å². The zero-order valence-electron chi connectivity index (χ0n) is 18.5. The van der Waals surface area contributed by atoms with Crippen molar-refractivity contribution in [2.45, 2.75) is 31.3 Å². The van der Waals surface area contributed by atoms with E-state index in [0.29, 0.717) is 17.8 Å². The lowest BCUT2D eigenvalue weighted by atomic mass is 9.96. The smallest absolute Gasteiger partial charge is 0.269 e. The summed E-state index contributed by atoms with van der Waals surface area (Å²) in [5.74, 6) is -0.285. The Hall–Kier alpha value is -4.11. The first-order valence-corrected chi connectivity index (χ1v) is 11.0. The van der Waals surface area contributed by atoms with Gasteiger partial charge in [-0.15, -0.1) is 0 Å². The molecule has 0 bridgehead atoms. The molecule has 34 heavy (non-hydrogen) atoms. The first-order valence-electron chi connectivity index (χ1n) is 11.0. The van der Waals surface area contributed by atoms with Gasteiger partial charge in [0, 0.05) is 42.3 Å². The van der Waals surface area contributed by atoms with Crippen molar-refractivity contribution in [2.75, 3.05) is 11.9 Å². The van der Waals surface area contributed by atoms with Crippen LogP contribution in [0, 0.1) is 10.1 Å². The van der Waals surface area contributed by atoms with Crippen LogP contribution in [0.3, 0.4) is 0 Å². The van der Waals surface area contributed by atoms with Crippen molar-refractivity contribution in [3.8, 4) is 0 Å². The summed E-state index contributed by atoms with van der Waals surface area (Å²) in [4.78, 5) is 41.5. The van der Waals surface area contributed by atoms with E-state index in [2.05, 4.69) is 10.3 Å². The zero-order chi connectivity index (χ0) is 24.1. The van der Waals surface area contributed by atoms with E-state index in [1.807, 2.05) is 12.1 Å². The van der Waals surface area contributed by atoms with E-state index in [4.69, 9.17) is 5.73 Å². The summed E-state index contributed by atoms with van der Waals surface area (Å²) in [6, 6.07) is 16.0. The molecule has 0 radical (unpaired) electrons. The van der Waals surface area contributed by atoms with Crippen LogP contribution >= 0.6 is 0 Å². The largest absolute Gasteiger partial charge is 0.338 e. The SMILES string of the molecule is NC(c1ccc(C(=O)Nc2ccncc2)cc1)C1CCCN1C(=O)Cc1ccc([N+](=O)[O-])cc1. The Morgan fingerprint density at radius 2 is 1.76 bits per heavy atom. The summed E-state index contributed by atoms with van der Waals surface area (Å²) < 4.78 is 0. The molecule has 0 saturated carbocycles. The van der Waals surface area contributed by atoms with Crippen LogP contribution in [0.4, 0.5) is 11.4 Å². The average Bonchev–Trinajstić information content (AvgIpc) is 3.35. The second kappa shape index (κ2) is 10.2. The molecule has 3 N–H and O–H groups in total. The van der Waals surface area contributed by atoms with Gasteiger partial charge in [0.15, 0.2) is 0 Å². The molecule has 2 aromatic carbocycles. The number of aromatic nitrogens is 1. The predicted molar refractivity (Wildman–Crippen MR) is 127 cm³/mol. The number of nitro benzene ring substituents is 1. The van der Waals surface area contributed by atoms with Crippen molar-refractivity contribution in [3.05, 3.63) is 99.9 Å². The Bertz CT molecular complexity index is 1170.